The third-order valence-electron chi connectivity index (χ3n) is 3.30. The molecule has 0 aromatic rings. The van der Waals surface area contributed by atoms with Crippen molar-refractivity contribution in [3.05, 3.63) is 0 Å². The van der Waals surface area contributed by atoms with Crippen LogP contribution in [0.15, 0.2) is 4.99 Å². The van der Waals surface area contributed by atoms with E-state index in [1.54, 1.807) is 0 Å². The van der Waals surface area contributed by atoms with Crippen LogP contribution in [0, 0.1) is 11.8 Å². The van der Waals surface area contributed by atoms with Crippen molar-refractivity contribution in [1.29, 1.82) is 0 Å². The summed E-state index contributed by atoms with van der Waals surface area (Å²) < 4.78 is 0. The highest BCUT2D eigenvalue weighted by atomic mass is 14.9. The number of nitrogens with zero attached hydrogens (tertiary/aromatic N) is 1. The van der Waals surface area contributed by atoms with Gasteiger partial charge in [0.1, 0.15) is 0 Å². The Morgan fingerprint density at radius 1 is 1.21 bits per heavy atom. The molecule has 0 heterocycles. The Morgan fingerprint density at radius 2 is 1.86 bits per heavy atom. The molecule has 2 heteroatoms. The van der Waals surface area contributed by atoms with Crippen molar-refractivity contribution in [3.63, 3.8) is 0 Å². The minimum absolute atomic E-state index is 0.586. The van der Waals surface area contributed by atoms with E-state index in [9.17, 15) is 0 Å². The number of hydrogen-bond acceptors (Lipinski definition) is 1. The van der Waals surface area contributed by atoms with E-state index in [2.05, 4.69) is 18.8 Å². The van der Waals surface area contributed by atoms with Gasteiger partial charge in [0.2, 0.25) is 0 Å². The Hall–Kier alpha value is -0.530. The second kappa shape index (κ2) is 6.05. The zero-order chi connectivity index (χ0) is 10.4. The highest BCUT2D eigenvalue weighted by Crippen LogP contribution is 2.31. The van der Waals surface area contributed by atoms with E-state index in [-0.39, 0.29) is 0 Å². The Balaban J connectivity index is 2.31. The zero-order valence-electron chi connectivity index (χ0n) is 9.63. The summed E-state index contributed by atoms with van der Waals surface area (Å²) in [5.41, 5.74) is 5.93. The first-order chi connectivity index (χ1) is 6.77. The Bertz CT molecular complexity index is 179. The van der Waals surface area contributed by atoms with Gasteiger partial charge < -0.3 is 5.73 Å². The molecule has 0 radical (unpaired) electrons. The fourth-order valence-corrected chi connectivity index (χ4v) is 2.47. The fourth-order valence-electron chi connectivity index (χ4n) is 2.47. The first kappa shape index (κ1) is 11.5. The van der Waals surface area contributed by atoms with Gasteiger partial charge in [-0.3, -0.25) is 4.99 Å². The Kier molecular flexibility index (Phi) is 4.99. The third kappa shape index (κ3) is 3.32. The van der Waals surface area contributed by atoms with Crippen molar-refractivity contribution >= 4 is 5.84 Å². The molecule has 0 atom stereocenters. The number of hydrogen-bond donors (Lipinski definition) is 1. The highest BCUT2D eigenvalue weighted by molar-refractivity contribution is 5.82. The molecule has 0 spiro atoms. The molecule has 82 valence electrons. The second-order valence-electron chi connectivity index (χ2n) is 4.41. The van der Waals surface area contributed by atoms with Crippen LogP contribution in [-0.4, -0.2) is 12.4 Å². The van der Waals surface area contributed by atoms with E-state index < -0.39 is 0 Å². The maximum absolute atomic E-state index is 5.93. The van der Waals surface area contributed by atoms with Crippen molar-refractivity contribution in [1.82, 2.24) is 0 Å². The summed E-state index contributed by atoms with van der Waals surface area (Å²) in [6.45, 7) is 5.16. The van der Waals surface area contributed by atoms with Crippen molar-refractivity contribution in [2.75, 3.05) is 6.54 Å². The van der Waals surface area contributed by atoms with E-state index in [1.165, 1.54) is 38.5 Å². The van der Waals surface area contributed by atoms with Crippen LogP contribution in [0.2, 0.25) is 0 Å². The van der Waals surface area contributed by atoms with Crippen molar-refractivity contribution in [3.8, 4) is 0 Å². The summed E-state index contributed by atoms with van der Waals surface area (Å²) in [6.07, 6.45) is 7.97. The molecule has 0 amide bonds. The first-order valence-corrected chi connectivity index (χ1v) is 6.07. The molecule has 1 aliphatic carbocycles. The molecule has 0 unspecified atom stereocenters. The number of amidine groups is 1. The van der Waals surface area contributed by atoms with E-state index in [0.29, 0.717) is 5.92 Å². The van der Waals surface area contributed by atoms with Gasteiger partial charge >= 0.3 is 0 Å². The molecule has 0 bridgehead atoms. The SMILES string of the molecule is CCCC1CCC(C(N)=NCC)CC1. The van der Waals surface area contributed by atoms with Crippen LogP contribution in [0.1, 0.15) is 52.4 Å². The molecule has 0 aromatic heterocycles. The number of nitrogens with two attached hydrogens (primary N) is 1. The summed E-state index contributed by atoms with van der Waals surface area (Å²) >= 11 is 0. The van der Waals surface area contributed by atoms with Gasteiger partial charge in [0, 0.05) is 12.5 Å². The van der Waals surface area contributed by atoms with Crippen LogP contribution in [0.5, 0.6) is 0 Å². The smallest absolute Gasteiger partial charge is 0.0968 e. The molecule has 1 aliphatic rings. The molecule has 1 fully saturated rings. The Morgan fingerprint density at radius 3 is 2.36 bits per heavy atom. The second-order valence-corrected chi connectivity index (χ2v) is 4.41. The minimum Gasteiger partial charge on any atom is -0.387 e. The predicted octanol–water partition coefficient (Wildman–Crippen LogP) is 2.97. The van der Waals surface area contributed by atoms with Crippen LogP contribution in [0.4, 0.5) is 0 Å². The molecule has 0 aliphatic heterocycles. The van der Waals surface area contributed by atoms with Crippen LogP contribution in [0.25, 0.3) is 0 Å². The number of rotatable bonds is 4. The quantitative estimate of drug-likeness (QED) is 0.545. The average Bonchev–Trinajstić information content (AvgIpc) is 2.20. The van der Waals surface area contributed by atoms with Gasteiger partial charge in [-0.05, 0) is 38.5 Å². The van der Waals surface area contributed by atoms with Crippen molar-refractivity contribution in [2.24, 2.45) is 22.6 Å². The largest absolute Gasteiger partial charge is 0.387 e. The molecule has 0 aromatic carbocycles. The van der Waals surface area contributed by atoms with E-state index in [0.717, 1.165) is 18.3 Å². The average molecular weight is 196 g/mol. The topological polar surface area (TPSA) is 38.4 Å². The lowest BCUT2D eigenvalue weighted by molar-refractivity contribution is 0.303. The van der Waals surface area contributed by atoms with Crippen LogP contribution < -0.4 is 5.73 Å². The Labute approximate surface area is 88.0 Å². The van der Waals surface area contributed by atoms with Gasteiger partial charge in [0.25, 0.3) is 0 Å². The highest BCUT2D eigenvalue weighted by Gasteiger charge is 2.22. The van der Waals surface area contributed by atoms with Gasteiger partial charge in [-0.1, -0.05) is 19.8 Å². The van der Waals surface area contributed by atoms with Gasteiger partial charge in [0.15, 0.2) is 0 Å². The normalized spacial score (nSPS) is 29.1. The van der Waals surface area contributed by atoms with Gasteiger partial charge in [-0.25, -0.2) is 0 Å². The summed E-state index contributed by atoms with van der Waals surface area (Å²) in [7, 11) is 0. The lowest BCUT2D eigenvalue weighted by Gasteiger charge is -2.27. The molecule has 2 nitrogen and oxygen atoms in total. The standard InChI is InChI=1S/C12H24N2/c1-3-5-10-6-8-11(9-7-10)12(13)14-4-2/h10-11H,3-9H2,1-2H3,(H2,13,14). The lowest BCUT2D eigenvalue weighted by atomic mass is 9.79. The fraction of sp³-hybridized carbons (Fsp3) is 0.917. The van der Waals surface area contributed by atoms with Crippen LogP contribution in [-0.2, 0) is 0 Å². The molecule has 1 saturated carbocycles. The molecule has 14 heavy (non-hydrogen) atoms. The first-order valence-electron chi connectivity index (χ1n) is 6.07. The van der Waals surface area contributed by atoms with Crippen LogP contribution in [0.3, 0.4) is 0 Å². The molecule has 2 N–H and O–H groups in total. The summed E-state index contributed by atoms with van der Waals surface area (Å²) in [5.74, 6) is 2.45. The van der Waals surface area contributed by atoms with Gasteiger partial charge in [-0.15, -0.1) is 0 Å². The zero-order valence-corrected chi connectivity index (χ0v) is 9.63. The van der Waals surface area contributed by atoms with Crippen molar-refractivity contribution < 1.29 is 0 Å². The van der Waals surface area contributed by atoms with Crippen LogP contribution >= 0.6 is 0 Å². The molecular weight excluding hydrogens is 172 g/mol. The summed E-state index contributed by atoms with van der Waals surface area (Å²) in [5, 5.41) is 0. The molecular formula is C12H24N2. The summed E-state index contributed by atoms with van der Waals surface area (Å²) in [6, 6.07) is 0. The summed E-state index contributed by atoms with van der Waals surface area (Å²) in [4.78, 5) is 4.31. The predicted molar refractivity (Wildman–Crippen MR) is 62.5 cm³/mol. The number of aliphatic imine (C=N–C) groups is 1. The van der Waals surface area contributed by atoms with E-state index in [4.69, 9.17) is 5.73 Å². The lowest BCUT2D eigenvalue weighted by Crippen LogP contribution is -2.28. The monoisotopic (exact) mass is 196 g/mol. The van der Waals surface area contributed by atoms with Gasteiger partial charge in [-0.2, -0.15) is 0 Å². The minimum atomic E-state index is 0.586. The third-order valence-corrected chi connectivity index (χ3v) is 3.30. The van der Waals surface area contributed by atoms with E-state index >= 15 is 0 Å². The van der Waals surface area contributed by atoms with E-state index in [1.807, 2.05) is 0 Å². The maximum Gasteiger partial charge on any atom is 0.0968 e. The maximum atomic E-state index is 5.93. The molecule has 1 rings (SSSR count). The van der Waals surface area contributed by atoms with Gasteiger partial charge in [0.05, 0.1) is 5.84 Å². The van der Waals surface area contributed by atoms with Crippen molar-refractivity contribution in [2.45, 2.75) is 52.4 Å². The molecule has 0 saturated heterocycles.